The van der Waals surface area contributed by atoms with E-state index >= 15 is 0 Å². The van der Waals surface area contributed by atoms with E-state index in [0.29, 0.717) is 11.3 Å². The highest BCUT2D eigenvalue weighted by atomic mass is 19.3. The predicted molar refractivity (Wildman–Crippen MR) is 81.9 cm³/mol. The maximum absolute atomic E-state index is 14.7. The van der Waals surface area contributed by atoms with Crippen molar-refractivity contribution in [3.05, 3.63) is 28.6 Å². The van der Waals surface area contributed by atoms with Crippen molar-refractivity contribution in [2.75, 3.05) is 13.2 Å². The molecule has 0 fully saturated rings. The van der Waals surface area contributed by atoms with Gasteiger partial charge in [-0.05, 0) is 25.5 Å². The number of aliphatic hydroxyl groups excluding tert-OH is 1. The van der Waals surface area contributed by atoms with Crippen LogP contribution in [-0.2, 0) is 4.79 Å². The van der Waals surface area contributed by atoms with Gasteiger partial charge in [0.1, 0.15) is 18.2 Å². The molecule has 0 saturated heterocycles. The van der Waals surface area contributed by atoms with Crippen LogP contribution in [0.25, 0.3) is 0 Å². The van der Waals surface area contributed by atoms with E-state index in [1.165, 1.54) is 13.0 Å². The number of alkyl halides is 2. The van der Waals surface area contributed by atoms with E-state index in [4.69, 9.17) is 9.84 Å². The van der Waals surface area contributed by atoms with Gasteiger partial charge in [-0.25, -0.2) is 18.6 Å². The molecule has 0 radical (unpaired) electrons. The Kier molecular flexibility index (Phi) is 5.17. The molecule has 5 nitrogen and oxygen atoms in total. The molecular formula is C16H19F3N2O3. The smallest absolute Gasteiger partial charge is 0.303 e. The van der Waals surface area contributed by atoms with Gasteiger partial charge in [-0.1, -0.05) is 6.92 Å². The molecule has 132 valence electrons. The zero-order valence-corrected chi connectivity index (χ0v) is 13.6. The van der Waals surface area contributed by atoms with Crippen LogP contribution in [-0.4, -0.2) is 35.9 Å². The van der Waals surface area contributed by atoms with Crippen LogP contribution < -0.4 is 10.2 Å². The molecule has 24 heavy (non-hydrogen) atoms. The summed E-state index contributed by atoms with van der Waals surface area (Å²) in [6, 6.07) is 1.46. The van der Waals surface area contributed by atoms with E-state index in [1.54, 1.807) is 13.8 Å². The number of amides is 1. The SMILES string of the molecule is Cc1cc(C2=NNC(=O)CC2C)c(F)c(C)c1OCC(F)(F)CO. The van der Waals surface area contributed by atoms with E-state index in [1.807, 2.05) is 0 Å². The van der Waals surface area contributed by atoms with E-state index in [0.717, 1.165) is 0 Å². The highest BCUT2D eigenvalue weighted by Gasteiger charge is 2.31. The zero-order chi connectivity index (χ0) is 18.1. The first-order valence-corrected chi connectivity index (χ1v) is 7.44. The van der Waals surface area contributed by atoms with E-state index in [2.05, 4.69) is 10.5 Å². The van der Waals surface area contributed by atoms with Crippen molar-refractivity contribution in [3.8, 4) is 5.75 Å². The lowest BCUT2D eigenvalue weighted by molar-refractivity contribution is -0.121. The van der Waals surface area contributed by atoms with Crippen molar-refractivity contribution in [2.45, 2.75) is 33.1 Å². The summed E-state index contributed by atoms with van der Waals surface area (Å²) in [6.45, 7) is 2.39. The highest BCUT2D eigenvalue weighted by Crippen LogP contribution is 2.31. The summed E-state index contributed by atoms with van der Waals surface area (Å²) in [6.07, 6.45) is 0.192. The molecule has 1 aromatic rings. The topological polar surface area (TPSA) is 70.9 Å². The number of nitrogens with one attached hydrogen (secondary N) is 1. The molecule has 1 heterocycles. The fourth-order valence-corrected chi connectivity index (χ4v) is 2.55. The van der Waals surface area contributed by atoms with Crippen LogP contribution in [0.3, 0.4) is 0 Å². The highest BCUT2D eigenvalue weighted by molar-refractivity contribution is 6.06. The molecule has 0 aliphatic carbocycles. The number of benzene rings is 1. The molecule has 1 atom stereocenters. The first kappa shape index (κ1) is 18.3. The van der Waals surface area contributed by atoms with E-state index < -0.39 is 25.0 Å². The van der Waals surface area contributed by atoms with Crippen LogP contribution in [0.4, 0.5) is 13.2 Å². The summed E-state index contributed by atoms with van der Waals surface area (Å²) in [5.74, 6) is -4.54. The third-order valence-electron chi connectivity index (χ3n) is 3.82. The summed E-state index contributed by atoms with van der Waals surface area (Å²) in [5.41, 5.74) is 3.46. The number of carbonyl (C=O) groups is 1. The van der Waals surface area contributed by atoms with Gasteiger partial charge >= 0.3 is 5.92 Å². The Bertz CT molecular complexity index is 690. The molecule has 8 heteroatoms. The van der Waals surface area contributed by atoms with Crippen molar-refractivity contribution >= 4 is 11.6 Å². The number of hydrogen-bond donors (Lipinski definition) is 2. The van der Waals surface area contributed by atoms with Crippen LogP contribution in [0.15, 0.2) is 11.2 Å². The fraction of sp³-hybridized carbons (Fsp3) is 0.500. The van der Waals surface area contributed by atoms with Crippen LogP contribution >= 0.6 is 0 Å². The molecule has 0 spiro atoms. The number of rotatable bonds is 5. The second-order valence-electron chi connectivity index (χ2n) is 5.95. The summed E-state index contributed by atoms with van der Waals surface area (Å²) < 4.78 is 46.0. The first-order valence-electron chi connectivity index (χ1n) is 7.44. The molecule has 1 amide bonds. The minimum Gasteiger partial charge on any atom is -0.487 e. The Morgan fingerprint density at radius 2 is 2.12 bits per heavy atom. The maximum atomic E-state index is 14.7. The molecule has 0 saturated carbocycles. The van der Waals surface area contributed by atoms with E-state index in [9.17, 15) is 18.0 Å². The molecule has 0 bridgehead atoms. The van der Waals surface area contributed by atoms with Crippen LogP contribution in [0, 0.1) is 25.6 Å². The number of hydrazone groups is 1. The van der Waals surface area contributed by atoms with Gasteiger partial charge in [0, 0.05) is 23.5 Å². The van der Waals surface area contributed by atoms with Crippen molar-refractivity contribution < 1.29 is 27.8 Å². The van der Waals surface area contributed by atoms with Gasteiger partial charge < -0.3 is 9.84 Å². The predicted octanol–water partition coefficient (Wildman–Crippen LogP) is 2.31. The number of aryl methyl sites for hydroxylation is 1. The van der Waals surface area contributed by atoms with Crippen molar-refractivity contribution in [2.24, 2.45) is 11.0 Å². The molecule has 0 aromatic heterocycles. The van der Waals surface area contributed by atoms with Gasteiger partial charge in [0.25, 0.3) is 0 Å². The lowest BCUT2D eigenvalue weighted by atomic mass is 9.91. The largest absolute Gasteiger partial charge is 0.487 e. The van der Waals surface area contributed by atoms with Gasteiger partial charge in [-0.15, -0.1) is 0 Å². The number of halogens is 3. The normalized spacial score (nSPS) is 18.2. The summed E-state index contributed by atoms with van der Waals surface area (Å²) in [4.78, 5) is 11.3. The van der Waals surface area contributed by atoms with Gasteiger partial charge in [0.2, 0.25) is 5.91 Å². The molecule has 2 rings (SSSR count). The minimum atomic E-state index is -3.40. The van der Waals surface area contributed by atoms with Gasteiger partial charge in [0.15, 0.2) is 6.61 Å². The molecule has 1 aliphatic heterocycles. The van der Waals surface area contributed by atoms with Gasteiger partial charge in [-0.3, -0.25) is 4.79 Å². The monoisotopic (exact) mass is 344 g/mol. The molecule has 1 aromatic carbocycles. The lowest BCUT2D eigenvalue weighted by Crippen LogP contribution is -2.33. The first-order chi connectivity index (χ1) is 11.2. The summed E-state index contributed by atoms with van der Waals surface area (Å²) in [7, 11) is 0. The Balaban J connectivity index is 2.37. The van der Waals surface area contributed by atoms with Crippen molar-refractivity contribution in [1.82, 2.24) is 5.43 Å². The number of carbonyl (C=O) groups excluding carboxylic acids is 1. The standard InChI is InChI=1S/C16H19F3N2O3/c1-8-5-12(23)20-21-14(8)11-4-9(2)15(10(3)13(11)17)24-7-16(18,19)6-22/h4,8,22H,5-7H2,1-3H3,(H,20,23). The fourth-order valence-electron chi connectivity index (χ4n) is 2.55. The number of ether oxygens (including phenoxy) is 1. The third kappa shape index (κ3) is 3.69. The quantitative estimate of drug-likeness (QED) is 0.861. The number of nitrogens with zero attached hydrogens (tertiary/aromatic N) is 1. The summed E-state index contributed by atoms with van der Waals surface area (Å²) >= 11 is 0. The Morgan fingerprint density at radius 3 is 2.71 bits per heavy atom. The second-order valence-corrected chi connectivity index (χ2v) is 5.95. The van der Waals surface area contributed by atoms with Crippen LogP contribution in [0.2, 0.25) is 0 Å². The third-order valence-corrected chi connectivity index (χ3v) is 3.82. The molecule has 2 N–H and O–H groups in total. The average Bonchev–Trinajstić information content (AvgIpc) is 2.51. The Labute approximate surface area is 137 Å². The van der Waals surface area contributed by atoms with Crippen LogP contribution in [0.5, 0.6) is 5.75 Å². The van der Waals surface area contributed by atoms with Gasteiger partial charge in [0.05, 0.1) is 5.71 Å². The van der Waals surface area contributed by atoms with Crippen molar-refractivity contribution in [1.29, 1.82) is 0 Å². The van der Waals surface area contributed by atoms with Gasteiger partial charge in [-0.2, -0.15) is 5.10 Å². The Morgan fingerprint density at radius 1 is 1.46 bits per heavy atom. The number of hydrogen-bond acceptors (Lipinski definition) is 4. The molecular weight excluding hydrogens is 325 g/mol. The molecule has 1 unspecified atom stereocenters. The second kappa shape index (κ2) is 6.80. The zero-order valence-electron chi connectivity index (χ0n) is 13.6. The Hall–Kier alpha value is -2.09. The summed E-state index contributed by atoms with van der Waals surface area (Å²) in [5, 5.41) is 12.5. The minimum absolute atomic E-state index is 0.0115. The average molecular weight is 344 g/mol. The van der Waals surface area contributed by atoms with Crippen LogP contribution in [0.1, 0.15) is 30.0 Å². The molecule has 1 aliphatic rings. The van der Waals surface area contributed by atoms with Crippen molar-refractivity contribution in [3.63, 3.8) is 0 Å². The lowest BCUT2D eigenvalue weighted by Gasteiger charge is -2.22. The maximum Gasteiger partial charge on any atom is 0.303 e. The number of aliphatic hydroxyl groups is 1. The van der Waals surface area contributed by atoms with E-state index in [-0.39, 0.29) is 35.1 Å².